The van der Waals surface area contributed by atoms with Crippen LogP contribution in [0.5, 0.6) is 0 Å². The summed E-state index contributed by atoms with van der Waals surface area (Å²) >= 11 is 0. The fourth-order valence-electron chi connectivity index (χ4n) is 7.40. The second-order valence-electron chi connectivity index (χ2n) is 9.55. The Kier molecular flexibility index (Phi) is 3.53. The fraction of sp³-hybridized carbons (Fsp3) is 0.950. The van der Waals surface area contributed by atoms with Crippen LogP contribution in [-0.4, -0.2) is 28.2 Å². The van der Waals surface area contributed by atoms with Crippen molar-refractivity contribution in [3.63, 3.8) is 0 Å². The number of hydrogen-bond donors (Lipinski definition) is 2. The summed E-state index contributed by atoms with van der Waals surface area (Å²) in [5.74, 6) is 2.60. The summed E-state index contributed by atoms with van der Waals surface area (Å²) in [7, 11) is 0. The minimum absolute atomic E-state index is 0.00734. The lowest BCUT2D eigenvalue weighted by atomic mass is 9.44. The molecule has 3 nitrogen and oxygen atoms in total. The van der Waals surface area contributed by atoms with Crippen LogP contribution in [-0.2, 0) is 4.79 Å². The maximum absolute atomic E-state index is 11.9. The molecule has 4 aliphatic rings. The summed E-state index contributed by atoms with van der Waals surface area (Å²) in [4.78, 5) is 11.9. The lowest BCUT2D eigenvalue weighted by Gasteiger charge is -2.61. The van der Waals surface area contributed by atoms with Crippen LogP contribution in [0.25, 0.3) is 0 Å². The number of rotatable bonds is 1. The first-order valence-electron chi connectivity index (χ1n) is 9.69. The Balaban J connectivity index is 1.67. The highest BCUT2D eigenvalue weighted by Gasteiger charge is 2.64. The van der Waals surface area contributed by atoms with Gasteiger partial charge in [0.15, 0.2) is 0 Å². The Labute approximate surface area is 139 Å². The topological polar surface area (TPSA) is 57.5 Å². The molecule has 0 aromatic rings. The Morgan fingerprint density at radius 2 is 1.78 bits per heavy atom. The third-order valence-electron chi connectivity index (χ3n) is 9.04. The molecule has 4 rings (SSSR count). The van der Waals surface area contributed by atoms with E-state index in [1.807, 2.05) is 6.92 Å². The van der Waals surface area contributed by atoms with E-state index in [2.05, 4.69) is 6.92 Å². The van der Waals surface area contributed by atoms with Gasteiger partial charge in [0.2, 0.25) is 0 Å². The van der Waals surface area contributed by atoms with Crippen molar-refractivity contribution in [3.05, 3.63) is 0 Å². The van der Waals surface area contributed by atoms with Crippen molar-refractivity contribution < 1.29 is 15.0 Å². The smallest absolute Gasteiger partial charge is 0.133 e. The van der Waals surface area contributed by atoms with E-state index < -0.39 is 5.60 Å². The normalized spacial score (nSPS) is 55.9. The average molecular weight is 320 g/mol. The van der Waals surface area contributed by atoms with E-state index in [0.29, 0.717) is 42.3 Å². The van der Waals surface area contributed by atoms with Crippen molar-refractivity contribution in [1.29, 1.82) is 0 Å². The molecule has 2 N–H and O–H groups in total. The summed E-state index contributed by atoms with van der Waals surface area (Å²) in [6.45, 7) is 4.61. The molecule has 0 saturated heterocycles. The fourth-order valence-corrected chi connectivity index (χ4v) is 7.40. The zero-order chi connectivity index (χ0) is 16.5. The summed E-state index contributed by atoms with van der Waals surface area (Å²) < 4.78 is 0. The van der Waals surface area contributed by atoms with Crippen LogP contribution < -0.4 is 0 Å². The molecular weight excluding hydrogens is 288 g/mol. The van der Waals surface area contributed by atoms with Gasteiger partial charge in [-0.2, -0.15) is 0 Å². The van der Waals surface area contributed by atoms with Gasteiger partial charge < -0.3 is 10.2 Å². The van der Waals surface area contributed by atoms with E-state index in [-0.39, 0.29) is 17.4 Å². The summed E-state index contributed by atoms with van der Waals surface area (Å²) in [5.41, 5.74) is -0.497. The first-order chi connectivity index (χ1) is 10.8. The summed E-state index contributed by atoms with van der Waals surface area (Å²) in [6, 6.07) is 0. The molecule has 0 spiro atoms. The maximum atomic E-state index is 11.9. The maximum Gasteiger partial charge on any atom is 0.133 e. The molecule has 2 unspecified atom stereocenters. The molecule has 0 amide bonds. The lowest BCUT2D eigenvalue weighted by molar-refractivity contribution is -0.166. The van der Waals surface area contributed by atoms with Crippen LogP contribution >= 0.6 is 0 Å². The minimum atomic E-state index is -0.533. The molecule has 7 atom stereocenters. The van der Waals surface area contributed by atoms with Gasteiger partial charge >= 0.3 is 0 Å². The number of hydrogen-bond acceptors (Lipinski definition) is 3. The largest absolute Gasteiger partial charge is 0.396 e. The molecule has 3 heteroatoms. The average Bonchev–Trinajstić information content (AvgIpc) is 2.77. The van der Waals surface area contributed by atoms with Gasteiger partial charge in [-0.3, -0.25) is 4.79 Å². The number of ketones is 1. The highest BCUT2D eigenvalue weighted by Crippen LogP contribution is 2.67. The van der Waals surface area contributed by atoms with Gasteiger partial charge in [-0.15, -0.1) is 0 Å². The molecule has 0 aromatic heterocycles. The molecule has 4 fully saturated rings. The number of aliphatic hydroxyl groups excluding tert-OH is 1. The highest BCUT2D eigenvalue weighted by molar-refractivity contribution is 5.79. The van der Waals surface area contributed by atoms with Crippen molar-refractivity contribution >= 4 is 5.78 Å². The Morgan fingerprint density at radius 3 is 2.52 bits per heavy atom. The van der Waals surface area contributed by atoms with Gasteiger partial charge in [0.05, 0.1) is 5.60 Å². The first kappa shape index (κ1) is 16.1. The van der Waals surface area contributed by atoms with Gasteiger partial charge in [0.1, 0.15) is 5.78 Å². The van der Waals surface area contributed by atoms with Crippen LogP contribution in [0.2, 0.25) is 0 Å². The summed E-state index contributed by atoms with van der Waals surface area (Å²) in [5, 5.41) is 21.3. The minimum Gasteiger partial charge on any atom is -0.396 e. The molecule has 0 bridgehead atoms. The van der Waals surface area contributed by atoms with E-state index in [9.17, 15) is 15.0 Å². The molecule has 4 aliphatic carbocycles. The second-order valence-corrected chi connectivity index (χ2v) is 9.55. The number of Topliss-reactive ketones (excluding diaryl/α,β-unsaturated/α-hetero) is 1. The second kappa shape index (κ2) is 5.05. The SMILES string of the molecule is CC1(O)CC[C@H]2[C@@H]3CCC4CC(=O)CC[C@]4(CO)[C@@H]3CC[C@@]21C. The molecular formula is C20H32O3. The lowest BCUT2D eigenvalue weighted by Crippen LogP contribution is -2.58. The van der Waals surface area contributed by atoms with E-state index in [1.54, 1.807) is 0 Å². The van der Waals surface area contributed by atoms with Crippen molar-refractivity contribution in [2.75, 3.05) is 6.61 Å². The summed E-state index contributed by atoms with van der Waals surface area (Å²) in [6.07, 6.45) is 8.81. The van der Waals surface area contributed by atoms with E-state index >= 15 is 0 Å². The molecule has 4 saturated carbocycles. The zero-order valence-electron chi connectivity index (χ0n) is 14.7. The van der Waals surface area contributed by atoms with Crippen molar-refractivity contribution in [1.82, 2.24) is 0 Å². The standard InChI is InChI=1S/C20H32O3/c1-18-8-6-17-15(16(18)7-9-19(18,2)23)4-3-13-11-14(22)5-10-20(13,17)12-21/h13,15-17,21,23H,3-12H2,1-2H3/t13?,15-,16-,17+,18-,19?,20+/m0/s1. The van der Waals surface area contributed by atoms with Crippen molar-refractivity contribution in [2.24, 2.45) is 34.5 Å². The predicted molar refractivity (Wildman–Crippen MR) is 88.8 cm³/mol. The molecule has 0 aromatic carbocycles. The van der Waals surface area contributed by atoms with Crippen LogP contribution in [0.15, 0.2) is 0 Å². The van der Waals surface area contributed by atoms with E-state index in [0.717, 1.165) is 38.5 Å². The van der Waals surface area contributed by atoms with Gasteiger partial charge in [0.25, 0.3) is 0 Å². The zero-order valence-corrected chi connectivity index (χ0v) is 14.7. The number of carbonyl (C=O) groups excluding carboxylic acids is 1. The van der Waals surface area contributed by atoms with Crippen LogP contribution in [0.1, 0.15) is 71.6 Å². The van der Waals surface area contributed by atoms with E-state index in [1.165, 1.54) is 6.42 Å². The number of aliphatic hydroxyl groups is 2. The Morgan fingerprint density at radius 1 is 1.04 bits per heavy atom. The third kappa shape index (κ3) is 1.99. The Bertz CT molecular complexity index is 513. The van der Waals surface area contributed by atoms with Gasteiger partial charge in [0, 0.05) is 24.9 Å². The van der Waals surface area contributed by atoms with Gasteiger partial charge in [-0.25, -0.2) is 0 Å². The molecule has 0 aliphatic heterocycles. The third-order valence-corrected chi connectivity index (χ3v) is 9.04. The molecule has 130 valence electrons. The van der Waals surface area contributed by atoms with Gasteiger partial charge in [-0.05, 0) is 81.0 Å². The predicted octanol–water partition coefficient (Wildman–Crippen LogP) is 3.32. The quantitative estimate of drug-likeness (QED) is 0.779. The monoisotopic (exact) mass is 320 g/mol. The number of carbonyl (C=O) groups is 1. The van der Waals surface area contributed by atoms with E-state index in [4.69, 9.17) is 0 Å². The van der Waals surface area contributed by atoms with Crippen molar-refractivity contribution in [3.8, 4) is 0 Å². The van der Waals surface area contributed by atoms with Crippen molar-refractivity contribution in [2.45, 2.75) is 77.2 Å². The van der Waals surface area contributed by atoms with Crippen LogP contribution in [0, 0.1) is 34.5 Å². The van der Waals surface area contributed by atoms with Gasteiger partial charge in [-0.1, -0.05) is 6.92 Å². The molecule has 23 heavy (non-hydrogen) atoms. The van der Waals surface area contributed by atoms with Crippen LogP contribution in [0.3, 0.4) is 0 Å². The Hall–Kier alpha value is -0.410. The number of fused-ring (bicyclic) bond motifs is 5. The highest BCUT2D eigenvalue weighted by atomic mass is 16.3. The molecule has 0 heterocycles. The van der Waals surface area contributed by atoms with Crippen LogP contribution in [0.4, 0.5) is 0 Å². The first-order valence-corrected chi connectivity index (χ1v) is 9.69. The molecule has 0 radical (unpaired) electrons.